The van der Waals surface area contributed by atoms with E-state index in [-0.39, 0.29) is 17.9 Å². The van der Waals surface area contributed by atoms with Gasteiger partial charge in [-0.05, 0) is 17.7 Å². The molecular weight excluding hydrogens is 182 g/mol. The van der Waals surface area contributed by atoms with Gasteiger partial charge < -0.3 is 14.7 Å². The molecule has 74 valence electrons. The van der Waals surface area contributed by atoms with Gasteiger partial charge >= 0.3 is 6.09 Å². The standard InChI is InChI=1S/C10H11NO3/c1-11-6-9(14-10(11)13)7-3-2-4-8(12)5-7/h2-5,9,12H,6H2,1H3. The fourth-order valence-electron chi connectivity index (χ4n) is 1.47. The van der Waals surface area contributed by atoms with E-state index in [9.17, 15) is 9.90 Å². The van der Waals surface area contributed by atoms with Gasteiger partial charge in [-0.2, -0.15) is 0 Å². The second-order valence-electron chi connectivity index (χ2n) is 3.35. The maximum atomic E-state index is 11.1. The number of ether oxygens (including phenoxy) is 1. The van der Waals surface area contributed by atoms with Gasteiger partial charge in [0.05, 0.1) is 6.54 Å². The summed E-state index contributed by atoms with van der Waals surface area (Å²) < 4.78 is 5.09. The summed E-state index contributed by atoms with van der Waals surface area (Å²) in [6.45, 7) is 0.530. The van der Waals surface area contributed by atoms with Crippen molar-refractivity contribution >= 4 is 6.09 Å². The van der Waals surface area contributed by atoms with Crippen LogP contribution in [0, 0.1) is 0 Å². The number of aromatic hydroxyl groups is 1. The first-order chi connectivity index (χ1) is 6.66. The number of likely N-dealkylation sites (N-methyl/N-ethyl adjacent to an activating group) is 1. The molecule has 1 heterocycles. The van der Waals surface area contributed by atoms with Crippen molar-refractivity contribution in [2.24, 2.45) is 0 Å². The lowest BCUT2D eigenvalue weighted by Crippen LogP contribution is -2.17. The average Bonchev–Trinajstić information content (AvgIpc) is 2.47. The van der Waals surface area contributed by atoms with Gasteiger partial charge in [-0.1, -0.05) is 12.1 Å². The average molecular weight is 193 g/mol. The zero-order valence-corrected chi connectivity index (χ0v) is 7.80. The highest BCUT2D eigenvalue weighted by Crippen LogP contribution is 2.26. The molecule has 1 atom stereocenters. The first-order valence-electron chi connectivity index (χ1n) is 4.37. The third kappa shape index (κ3) is 1.51. The van der Waals surface area contributed by atoms with Crippen LogP contribution in [0.3, 0.4) is 0 Å². The number of carbonyl (C=O) groups is 1. The highest BCUT2D eigenvalue weighted by molar-refractivity contribution is 5.69. The highest BCUT2D eigenvalue weighted by atomic mass is 16.6. The van der Waals surface area contributed by atoms with E-state index in [0.717, 1.165) is 5.56 Å². The molecule has 4 nitrogen and oxygen atoms in total. The molecule has 1 amide bonds. The lowest BCUT2D eigenvalue weighted by molar-refractivity contribution is 0.134. The molecule has 1 aromatic carbocycles. The smallest absolute Gasteiger partial charge is 0.410 e. The number of phenolic OH excluding ortho intramolecular Hbond substituents is 1. The molecule has 1 fully saturated rings. The summed E-state index contributed by atoms with van der Waals surface area (Å²) in [6.07, 6.45) is -0.585. The molecule has 1 unspecified atom stereocenters. The molecule has 1 aromatic rings. The molecular formula is C10H11NO3. The summed E-state index contributed by atoms with van der Waals surface area (Å²) in [4.78, 5) is 12.6. The fraction of sp³-hybridized carbons (Fsp3) is 0.300. The predicted octanol–water partition coefficient (Wildman–Crippen LogP) is 1.52. The second-order valence-corrected chi connectivity index (χ2v) is 3.35. The summed E-state index contributed by atoms with van der Waals surface area (Å²) >= 11 is 0. The normalized spacial score (nSPS) is 21.1. The van der Waals surface area contributed by atoms with E-state index in [1.165, 1.54) is 4.90 Å². The highest BCUT2D eigenvalue weighted by Gasteiger charge is 2.29. The summed E-state index contributed by atoms with van der Waals surface area (Å²) in [5.74, 6) is 0.188. The van der Waals surface area contributed by atoms with E-state index in [1.807, 2.05) is 6.07 Å². The van der Waals surface area contributed by atoms with Crippen LogP contribution in [-0.4, -0.2) is 29.7 Å². The van der Waals surface area contributed by atoms with Crippen LogP contribution < -0.4 is 0 Å². The Hall–Kier alpha value is -1.71. The third-order valence-corrected chi connectivity index (χ3v) is 2.24. The van der Waals surface area contributed by atoms with E-state index in [4.69, 9.17) is 4.74 Å². The topological polar surface area (TPSA) is 49.8 Å². The van der Waals surface area contributed by atoms with Crippen LogP contribution in [0.1, 0.15) is 11.7 Å². The Labute approximate surface area is 81.7 Å². The van der Waals surface area contributed by atoms with Crippen LogP contribution in [0.2, 0.25) is 0 Å². The number of hydrogen-bond acceptors (Lipinski definition) is 3. The maximum absolute atomic E-state index is 11.1. The maximum Gasteiger partial charge on any atom is 0.410 e. The van der Waals surface area contributed by atoms with E-state index in [1.54, 1.807) is 25.2 Å². The van der Waals surface area contributed by atoms with E-state index < -0.39 is 0 Å². The van der Waals surface area contributed by atoms with Crippen LogP contribution >= 0.6 is 0 Å². The molecule has 1 aliphatic rings. The molecule has 0 spiro atoms. The van der Waals surface area contributed by atoms with Crippen LogP contribution in [0.5, 0.6) is 5.75 Å². The van der Waals surface area contributed by atoms with Crippen LogP contribution in [0.15, 0.2) is 24.3 Å². The summed E-state index contributed by atoms with van der Waals surface area (Å²) in [5, 5.41) is 9.25. The number of amides is 1. The lowest BCUT2D eigenvalue weighted by Gasteiger charge is -2.07. The zero-order chi connectivity index (χ0) is 10.1. The van der Waals surface area contributed by atoms with Gasteiger partial charge in [-0.15, -0.1) is 0 Å². The van der Waals surface area contributed by atoms with Crippen LogP contribution in [-0.2, 0) is 4.74 Å². The number of benzene rings is 1. The predicted molar refractivity (Wildman–Crippen MR) is 50.0 cm³/mol. The first kappa shape index (κ1) is 8.87. The molecule has 14 heavy (non-hydrogen) atoms. The van der Waals surface area contributed by atoms with Crippen molar-refractivity contribution in [1.82, 2.24) is 4.90 Å². The molecule has 0 saturated carbocycles. The summed E-state index contributed by atoms with van der Waals surface area (Å²) in [7, 11) is 1.69. The number of hydrogen-bond donors (Lipinski definition) is 1. The molecule has 0 bridgehead atoms. The van der Waals surface area contributed by atoms with Crippen molar-refractivity contribution < 1.29 is 14.6 Å². The Morgan fingerprint density at radius 1 is 1.57 bits per heavy atom. The van der Waals surface area contributed by atoms with Gasteiger partial charge in [0.2, 0.25) is 0 Å². The van der Waals surface area contributed by atoms with Gasteiger partial charge in [0.25, 0.3) is 0 Å². The van der Waals surface area contributed by atoms with Gasteiger partial charge in [0.15, 0.2) is 0 Å². The molecule has 0 aromatic heterocycles. The minimum Gasteiger partial charge on any atom is -0.508 e. The fourth-order valence-corrected chi connectivity index (χ4v) is 1.47. The van der Waals surface area contributed by atoms with E-state index >= 15 is 0 Å². The lowest BCUT2D eigenvalue weighted by atomic mass is 10.1. The number of nitrogens with zero attached hydrogens (tertiary/aromatic N) is 1. The van der Waals surface area contributed by atoms with Crippen molar-refractivity contribution in [2.45, 2.75) is 6.10 Å². The Morgan fingerprint density at radius 3 is 2.93 bits per heavy atom. The van der Waals surface area contributed by atoms with Crippen molar-refractivity contribution in [3.63, 3.8) is 0 Å². The summed E-state index contributed by atoms with van der Waals surface area (Å²) in [6, 6.07) is 6.76. The number of carbonyl (C=O) groups excluding carboxylic acids is 1. The third-order valence-electron chi connectivity index (χ3n) is 2.24. The molecule has 1 N–H and O–H groups in total. The molecule has 0 radical (unpaired) electrons. The van der Waals surface area contributed by atoms with Crippen LogP contribution in [0.25, 0.3) is 0 Å². The summed E-state index contributed by atoms with van der Waals surface area (Å²) in [5.41, 5.74) is 0.822. The second kappa shape index (κ2) is 3.21. The minimum atomic E-state index is -0.321. The Morgan fingerprint density at radius 2 is 2.36 bits per heavy atom. The van der Waals surface area contributed by atoms with Gasteiger partial charge in [0.1, 0.15) is 11.9 Å². The minimum absolute atomic E-state index is 0.188. The van der Waals surface area contributed by atoms with E-state index in [2.05, 4.69) is 0 Å². The number of rotatable bonds is 1. The number of phenols is 1. The van der Waals surface area contributed by atoms with Crippen molar-refractivity contribution in [2.75, 3.05) is 13.6 Å². The molecule has 1 aliphatic heterocycles. The molecule has 0 aliphatic carbocycles. The monoisotopic (exact) mass is 193 g/mol. The molecule has 4 heteroatoms. The van der Waals surface area contributed by atoms with Gasteiger partial charge in [0, 0.05) is 7.05 Å². The SMILES string of the molecule is CN1CC(c2cccc(O)c2)OC1=O. The molecule has 2 rings (SSSR count). The Bertz CT molecular complexity index is 364. The largest absolute Gasteiger partial charge is 0.508 e. The van der Waals surface area contributed by atoms with Gasteiger partial charge in [-0.25, -0.2) is 4.79 Å². The molecule has 1 saturated heterocycles. The van der Waals surface area contributed by atoms with Crippen molar-refractivity contribution in [1.29, 1.82) is 0 Å². The Kier molecular flexibility index (Phi) is 2.04. The van der Waals surface area contributed by atoms with Gasteiger partial charge in [-0.3, -0.25) is 0 Å². The Balaban J connectivity index is 2.21. The number of cyclic esters (lactones) is 1. The quantitative estimate of drug-likeness (QED) is 0.735. The van der Waals surface area contributed by atoms with Crippen molar-refractivity contribution in [3.8, 4) is 5.75 Å². The first-order valence-corrected chi connectivity index (χ1v) is 4.37. The van der Waals surface area contributed by atoms with Crippen molar-refractivity contribution in [3.05, 3.63) is 29.8 Å². The zero-order valence-electron chi connectivity index (χ0n) is 7.80. The van der Waals surface area contributed by atoms with Crippen LogP contribution in [0.4, 0.5) is 4.79 Å². The van der Waals surface area contributed by atoms with E-state index in [0.29, 0.717) is 6.54 Å².